The van der Waals surface area contributed by atoms with Crippen molar-refractivity contribution in [2.45, 2.75) is 33.2 Å². The van der Waals surface area contributed by atoms with E-state index >= 15 is 0 Å². The van der Waals surface area contributed by atoms with Crippen molar-refractivity contribution in [1.29, 1.82) is 0 Å². The highest BCUT2D eigenvalue weighted by atomic mass is 35.5. The van der Waals surface area contributed by atoms with E-state index in [1.165, 1.54) is 22.0 Å². The second-order valence-electron chi connectivity index (χ2n) is 4.41. The number of aryl methyl sites for hydroxylation is 3. The summed E-state index contributed by atoms with van der Waals surface area (Å²) in [6.45, 7) is 5.96. The standard InChI is InChI=1S/C14H19ClN2/c1-3-11-9-17(8-4-7-16)14-10(2)13(15)6-5-12(11)14/h5-6,9H,3-4,7-8,16H2,1-2H3. The average Bonchev–Trinajstić information content (AvgIpc) is 2.70. The van der Waals surface area contributed by atoms with Crippen molar-refractivity contribution in [3.63, 3.8) is 0 Å². The lowest BCUT2D eigenvalue weighted by Crippen LogP contribution is -2.05. The molecule has 1 aromatic carbocycles. The van der Waals surface area contributed by atoms with Crippen molar-refractivity contribution >= 4 is 22.5 Å². The highest BCUT2D eigenvalue weighted by Gasteiger charge is 2.11. The third-order valence-electron chi connectivity index (χ3n) is 3.29. The largest absolute Gasteiger partial charge is 0.347 e. The molecule has 0 aliphatic heterocycles. The zero-order valence-corrected chi connectivity index (χ0v) is 11.2. The van der Waals surface area contributed by atoms with Gasteiger partial charge in [-0.1, -0.05) is 24.6 Å². The molecule has 0 saturated carbocycles. The highest BCUT2D eigenvalue weighted by Crippen LogP contribution is 2.29. The van der Waals surface area contributed by atoms with Crippen LogP contribution in [-0.2, 0) is 13.0 Å². The number of rotatable bonds is 4. The third-order valence-corrected chi connectivity index (χ3v) is 3.70. The number of hydrogen-bond donors (Lipinski definition) is 1. The average molecular weight is 251 g/mol. The Hall–Kier alpha value is -0.990. The van der Waals surface area contributed by atoms with Crippen molar-refractivity contribution in [3.05, 3.63) is 34.5 Å². The molecule has 1 heterocycles. The number of benzene rings is 1. The fourth-order valence-electron chi connectivity index (χ4n) is 2.35. The Morgan fingerprint density at radius 1 is 1.35 bits per heavy atom. The maximum absolute atomic E-state index is 6.21. The SMILES string of the molecule is CCc1cn(CCCN)c2c(C)c(Cl)ccc12. The van der Waals surface area contributed by atoms with Crippen LogP contribution in [0, 0.1) is 6.92 Å². The maximum Gasteiger partial charge on any atom is 0.0527 e. The molecule has 0 atom stereocenters. The summed E-state index contributed by atoms with van der Waals surface area (Å²) in [6, 6.07) is 4.12. The van der Waals surface area contributed by atoms with Gasteiger partial charge in [-0.15, -0.1) is 0 Å². The van der Waals surface area contributed by atoms with Gasteiger partial charge in [0.05, 0.1) is 5.52 Å². The van der Waals surface area contributed by atoms with E-state index in [9.17, 15) is 0 Å². The molecule has 3 heteroatoms. The van der Waals surface area contributed by atoms with Gasteiger partial charge in [-0.05, 0) is 43.5 Å². The number of hydrogen-bond acceptors (Lipinski definition) is 1. The van der Waals surface area contributed by atoms with Crippen LogP contribution in [0.15, 0.2) is 18.3 Å². The van der Waals surface area contributed by atoms with Crippen molar-refractivity contribution < 1.29 is 0 Å². The van der Waals surface area contributed by atoms with Crippen LogP contribution in [-0.4, -0.2) is 11.1 Å². The summed E-state index contributed by atoms with van der Waals surface area (Å²) in [5, 5.41) is 2.17. The van der Waals surface area contributed by atoms with E-state index in [0.717, 1.165) is 31.0 Å². The molecule has 2 N–H and O–H groups in total. The van der Waals surface area contributed by atoms with Gasteiger partial charge < -0.3 is 10.3 Å². The van der Waals surface area contributed by atoms with Gasteiger partial charge in [-0.3, -0.25) is 0 Å². The minimum Gasteiger partial charge on any atom is -0.347 e. The molecule has 2 aromatic rings. The molecule has 0 aliphatic rings. The minimum absolute atomic E-state index is 0.723. The van der Waals surface area contributed by atoms with Crippen molar-refractivity contribution in [3.8, 4) is 0 Å². The maximum atomic E-state index is 6.21. The lowest BCUT2D eigenvalue weighted by Gasteiger charge is -2.07. The molecule has 0 radical (unpaired) electrons. The van der Waals surface area contributed by atoms with Crippen LogP contribution in [0.4, 0.5) is 0 Å². The van der Waals surface area contributed by atoms with Gasteiger partial charge in [0.1, 0.15) is 0 Å². The molecule has 0 aliphatic carbocycles. The molecule has 0 bridgehead atoms. The van der Waals surface area contributed by atoms with Crippen LogP contribution in [0.1, 0.15) is 24.5 Å². The first-order valence-corrected chi connectivity index (χ1v) is 6.53. The second kappa shape index (κ2) is 5.11. The van der Waals surface area contributed by atoms with Crippen LogP contribution < -0.4 is 5.73 Å². The van der Waals surface area contributed by atoms with Crippen LogP contribution >= 0.6 is 11.6 Å². The molecule has 0 unspecified atom stereocenters. The molecule has 2 rings (SSSR count). The van der Waals surface area contributed by atoms with Crippen LogP contribution in [0.5, 0.6) is 0 Å². The molecule has 17 heavy (non-hydrogen) atoms. The molecule has 92 valence electrons. The summed E-state index contributed by atoms with van der Waals surface area (Å²) >= 11 is 6.21. The monoisotopic (exact) mass is 250 g/mol. The van der Waals surface area contributed by atoms with Crippen LogP contribution in [0.25, 0.3) is 10.9 Å². The minimum atomic E-state index is 0.723. The zero-order chi connectivity index (χ0) is 12.4. The lowest BCUT2D eigenvalue weighted by atomic mass is 10.1. The lowest BCUT2D eigenvalue weighted by molar-refractivity contribution is 0.668. The van der Waals surface area contributed by atoms with E-state index in [2.05, 4.69) is 30.7 Å². The Kier molecular flexibility index (Phi) is 3.75. The van der Waals surface area contributed by atoms with Crippen LogP contribution in [0.3, 0.4) is 0 Å². The number of nitrogens with zero attached hydrogens (tertiary/aromatic N) is 1. The summed E-state index contributed by atoms with van der Waals surface area (Å²) in [4.78, 5) is 0. The predicted octanol–water partition coefficient (Wildman–Crippen LogP) is 3.51. The first-order chi connectivity index (χ1) is 8.19. The Balaban J connectivity index is 2.62. The van der Waals surface area contributed by atoms with Gasteiger partial charge in [0, 0.05) is 23.2 Å². The number of fused-ring (bicyclic) bond motifs is 1. The highest BCUT2D eigenvalue weighted by molar-refractivity contribution is 6.32. The molecule has 0 fully saturated rings. The molecule has 2 nitrogen and oxygen atoms in total. The smallest absolute Gasteiger partial charge is 0.0527 e. The van der Waals surface area contributed by atoms with E-state index in [1.54, 1.807) is 0 Å². The summed E-state index contributed by atoms with van der Waals surface area (Å²) in [5.41, 5.74) is 9.41. The molecule has 1 aromatic heterocycles. The Morgan fingerprint density at radius 3 is 2.76 bits per heavy atom. The van der Waals surface area contributed by atoms with Gasteiger partial charge in [-0.2, -0.15) is 0 Å². The van der Waals surface area contributed by atoms with Crippen molar-refractivity contribution in [1.82, 2.24) is 4.57 Å². The van der Waals surface area contributed by atoms with Gasteiger partial charge in [0.2, 0.25) is 0 Å². The summed E-state index contributed by atoms with van der Waals surface area (Å²) in [7, 11) is 0. The fraction of sp³-hybridized carbons (Fsp3) is 0.429. The third kappa shape index (κ3) is 2.20. The Morgan fingerprint density at radius 2 is 2.12 bits per heavy atom. The summed E-state index contributed by atoms with van der Waals surface area (Å²) < 4.78 is 2.29. The topological polar surface area (TPSA) is 30.9 Å². The summed E-state index contributed by atoms with van der Waals surface area (Å²) in [5.74, 6) is 0. The van der Waals surface area contributed by atoms with Crippen molar-refractivity contribution in [2.24, 2.45) is 5.73 Å². The fourth-order valence-corrected chi connectivity index (χ4v) is 2.50. The normalized spacial score (nSPS) is 11.3. The van der Waals surface area contributed by atoms with E-state index < -0.39 is 0 Å². The first kappa shape index (κ1) is 12.5. The van der Waals surface area contributed by atoms with E-state index in [0.29, 0.717) is 0 Å². The van der Waals surface area contributed by atoms with Gasteiger partial charge in [0.25, 0.3) is 0 Å². The molecular formula is C14H19ClN2. The van der Waals surface area contributed by atoms with E-state index in [1.807, 2.05) is 6.07 Å². The summed E-state index contributed by atoms with van der Waals surface area (Å²) in [6.07, 6.45) is 4.29. The Bertz CT molecular complexity index is 528. The number of nitrogens with two attached hydrogens (primary N) is 1. The predicted molar refractivity (Wildman–Crippen MR) is 74.7 cm³/mol. The molecular weight excluding hydrogens is 232 g/mol. The second-order valence-corrected chi connectivity index (χ2v) is 4.82. The Labute approximate surface area is 107 Å². The van der Waals surface area contributed by atoms with E-state index in [-0.39, 0.29) is 0 Å². The zero-order valence-electron chi connectivity index (χ0n) is 10.5. The molecule has 0 saturated heterocycles. The molecule has 0 amide bonds. The van der Waals surface area contributed by atoms with Gasteiger partial charge in [0.15, 0.2) is 0 Å². The van der Waals surface area contributed by atoms with Gasteiger partial charge in [-0.25, -0.2) is 0 Å². The van der Waals surface area contributed by atoms with E-state index in [4.69, 9.17) is 17.3 Å². The van der Waals surface area contributed by atoms with Crippen LogP contribution in [0.2, 0.25) is 5.02 Å². The molecule has 0 spiro atoms. The van der Waals surface area contributed by atoms with Crippen molar-refractivity contribution in [2.75, 3.05) is 6.54 Å². The number of aromatic nitrogens is 1. The quantitative estimate of drug-likeness (QED) is 0.885. The van der Waals surface area contributed by atoms with Gasteiger partial charge >= 0.3 is 0 Å². The first-order valence-electron chi connectivity index (χ1n) is 6.16. The number of halogens is 1.